The van der Waals surface area contributed by atoms with Crippen LogP contribution >= 0.6 is 0 Å². The molecule has 0 radical (unpaired) electrons. The van der Waals surface area contributed by atoms with Crippen LogP contribution in [0.15, 0.2) is 66.7 Å². The summed E-state index contributed by atoms with van der Waals surface area (Å²) in [5, 5.41) is 12.9. The molecule has 3 nitrogen and oxygen atoms in total. The first kappa shape index (κ1) is 15.3. The van der Waals surface area contributed by atoms with Gasteiger partial charge in [-0.2, -0.15) is 0 Å². The third-order valence-corrected chi connectivity index (χ3v) is 3.92. The molecule has 3 aromatic rings. The highest BCUT2D eigenvalue weighted by molar-refractivity contribution is 5.56. The Balaban J connectivity index is 2.04. The van der Waals surface area contributed by atoms with Crippen molar-refractivity contribution in [3.05, 3.63) is 83.2 Å². The molecule has 0 aliphatic carbocycles. The summed E-state index contributed by atoms with van der Waals surface area (Å²) in [5.41, 5.74) is 3.89. The van der Waals surface area contributed by atoms with E-state index in [-0.39, 0.29) is 0 Å². The van der Waals surface area contributed by atoms with Gasteiger partial charge in [0.15, 0.2) is 0 Å². The smallest absolute Gasteiger partial charge is 0.251 e. The largest absolute Gasteiger partial charge is 0.595 e. The average molecular weight is 306 g/mol. The molecule has 3 rings (SSSR count). The molecule has 0 saturated carbocycles. The normalized spacial score (nSPS) is 11.1. The number of nitrogens with zero attached hydrogens (tertiary/aromatic N) is 2. The fourth-order valence-corrected chi connectivity index (χ4v) is 2.84. The van der Waals surface area contributed by atoms with Gasteiger partial charge in [-0.1, -0.05) is 67.2 Å². The average Bonchev–Trinajstić information content (AvgIpc) is 2.85. The molecule has 118 valence electrons. The molecule has 2 aromatic carbocycles. The van der Waals surface area contributed by atoms with Crippen LogP contribution in [0, 0.1) is 11.1 Å². The fraction of sp³-hybridized carbons (Fsp3) is 0.250. The molecule has 0 spiro atoms. The third kappa shape index (κ3) is 3.45. The van der Waals surface area contributed by atoms with E-state index >= 15 is 0 Å². The van der Waals surface area contributed by atoms with E-state index in [1.807, 2.05) is 59.3 Å². The minimum atomic E-state index is 0.503. The standard InChI is InChI=1S/C20H22N2O/c1-16(2)13-19-14-20(18-11-7-4-8-12-18)22(23)21(19)15-17-9-5-3-6-10-17/h3-12,14,16H,13,15H2,1-2H3. The lowest BCUT2D eigenvalue weighted by Gasteiger charge is -2.10. The van der Waals surface area contributed by atoms with Gasteiger partial charge in [-0.3, -0.25) is 0 Å². The third-order valence-electron chi connectivity index (χ3n) is 3.92. The van der Waals surface area contributed by atoms with Gasteiger partial charge in [-0.05, 0) is 30.0 Å². The Morgan fingerprint density at radius 2 is 1.57 bits per heavy atom. The molecule has 0 atom stereocenters. The molecule has 1 heterocycles. The molecule has 1 aromatic heterocycles. The van der Waals surface area contributed by atoms with Gasteiger partial charge in [-0.25, -0.2) is 0 Å². The molecular weight excluding hydrogens is 284 g/mol. The topological polar surface area (TPSA) is 31.9 Å². The first-order chi connectivity index (χ1) is 11.1. The van der Waals surface area contributed by atoms with Crippen molar-refractivity contribution in [1.29, 1.82) is 0 Å². The monoisotopic (exact) mass is 306 g/mol. The van der Waals surface area contributed by atoms with Crippen LogP contribution < -0.4 is 4.85 Å². The molecule has 0 amide bonds. The summed E-state index contributed by atoms with van der Waals surface area (Å²) in [4.78, 5) is 1.04. The van der Waals surface area contributed by atoms with Crippen LogP contribution in [0.25, 0.3) is 11.3 Å². The summed E-state index contributed by atoms with van der Waals surface area (Å²) < 4.78 is 1.84. The highest BCUT2D eigenvalue weighted by Crippen LogP contribution is 2.20. The van der Waals surface area contributed by atoms with Crippen molar-refractivity contribution in [3.63, 3.8) is 0 Å². The Bertz CT molecular complexity index is 761. The number of benzene rings is 2. The van der Waals surface area contributed by atoms with Crippen molar-refractivity contribution in [2.24, 2.45) is 5.92 Å². The van der Waals surface area contributed by atoms with Gasteiger partial charge < -0.3 is 5.21 Å². The van der Waals surface area contributed by atoms with Crippen LogP contribution in [-0.2, 0) is 13.0 Å². The molecule has 0 aliphatic heterocycles. The first-order valence-corrected chi connectivity index (χ1v) is 8.06. The second kappa shape index (κ2) is 6.69. The zero-order valence-electron chi connectivity index (χ0n) is 13.6. The predicted octanol–water partition coefficient (Wildman–Crippen LogP) is 4.04. The van der Waals surface area contributed by atoms with Gasteiger partial charge in [-0.15, -0.1) is 4.68 Å². The number of rotatable bonds is 5. The van der Waals surface area contributed by atoms with Gasteiger partial charge in [0.1, 0.15) is 6.54 Å². The van der Waals surface area contributed by atoms with E-state index in [2.05, 4.69) is 26.0 Å². The zero-order chi connectivity index (χ0) is 16.2. The van der Waals surface area contributed by atoms with E-state index in [1.165, 1.54) is 0 Å². The molecule has 0 N–H and O–H groups in total. The molecule has 0 saturated heterocycles. The van der Waals surface area contributed by atoms with Crippen molar-refractivity contribution in [2.45, 2.75) is 26.8 Å². The molecule has 0 unspecified atom stereocenters. The number of aromatic nitrogens is 2. The van der Waals surface area contributed by atoms with E-state index in [0.717, 1.165) is 33.8 Å². The summed E-state index contributed by atoms with van der Waals surface area (Å²) >= 11 is 0. The van der Waals surface area contributed by atoms with Crippen molar-refractivity contribution < 1.29 is 4.85 Å². The zero-order valence-corrected chi connectivity index (χ0v) is 13.6. The maximum atomic E-state index is 12.9. The molecule has 0 bridgehead atoms. The van der Waals surface area contributed by atoms with Gasteiger partial charge in [0.2, 0.25) is 0 Å². The number of hydrogen-bond donors (Lipinski definition) is 0. The van der Waals surface area contributed by atoms with Gasteiger partial charge >= 0.3 is 0 Å². The fourth-order valence-electron chi connectivity index (χ4n) is 2.84. The minimum Gasteiger partial charge on any atom is -0.595 e. The summed E-state index contributed by atoms with van der Waals surface area (Å²) in [7, 11) is 0. The Kier molecular flexibility index (Phi) is 4.47. The van der Waals surface area contributed by atoms with Crippen molar-refractivity contribution >= 4 is 0 Å². The quantitative estimate of drug-likeness (QED) is 0.517. The SMILES string of the molecule is CC(C)Cc1cc(-c2ccccc2)[n+]([O-])n1Cc1ccccc1. The second-order valence-electron chi connectivity index (χ2n) is 6.30. The van der Waals surface area contributed by atoms with E-state index in [4.69, 9.17) is 0 Å². The summed E-state index contributed by atoms with van der Waals surface area (Å²) in [6.45, 7) is 4.95. The highest BCUT2D eigenvalue weighted by atomic mass is 16.5. The van der Waals surface area contributed by atoms with E-state index in [9.17, 15) is 5.21 Å². The van der Waals surface area contributed by atoms with Gasteiger partial charge in [0, 0.05) is 6.07 Å². The molecule has 0 aliphatic rings. The van der Waals surface area contributed by atoms with Crippen LogP contribution in [0.4, 0.5) is 0 Å². The predicted molar refractivity (Wildman–Crippen MR) is 92.9 cm³/mol. The summed E-state index contributed by atoms with van der Waals surface area (Å²) in [5.74, 6) is 0.503. The maximum absolute atomic E-state index is 12.9. The van der Waals surface area contributed by atoms with Crippen molar-refractivity contribution in [1.82, 2.24) is 4.68 Å². The van der Waals surface area contributed by atoms with Crippen molar-refractivity contribution in [2.75, 3.05) is 0 Å². The van der Waals surface area contributed by atoms with Crippen LogP contribution in [0.3, 0.4) is 0 Å². The lowest BCUT2D eigenvalue weighted by molar-refractivity contribution is -0.683. The molecule has 0 fully saturated rings. The lowest BCUT2D eigenvalue weighted by atomic mass is 10.1. The van der Waals surface area contributed by atoms with Crippen LogP contribution in [0.1, 0.15) is 25.1 Å². The first-order valence-electron chi connectivity index (χ1n) is 8.06. The van der Waals surface area contributed by atoms with Crippen LogP contribution in [-0.4, -0.2) is 4.68 Å². The molecule has 3 heteroatoms. The van der Waals surface area contributed by atoms with Gasteiger partial charge in [0.05, 0.1) is 11.3 Å². The minimum absolute atomic E-state index is 0.503. The Morgan fingerprint density at radius 3 is 2.17 bits per heavy atom. The molecule has 23 heavy (non-hydrogen) atoms. The Labute approximate surface area is 137 Å². The Hall–Kier alpha value is -2.55. The Morgan fingerprint density at radius 1 is 0.957 bits per heavy atom. The van der Waals surface area contributed by atoms with Crippen LogP contribution in [0.5, 0.6) is 0 Å². The summed E-state index contributed by atoms with van der Waals surface area (Å²) in [6.07, 6.45) is 0.891. The van der Waals surface area contributed by atoms with Crippen molar-refractivity contribution in [3.8, 4) is 11.3 Å². The summed E-state index contributed by atoms with van der Waals surface area (Å²) in [6, 6.07) is 22.0. The second-order valence-corrected chi connectivity index (χ2v) is 6.30. The van der Waals surface area contributed by atoms with Crippen LogP contribution in [0.2, 0.25) is 0 Å². The van der Waals surface area contributed by atoms with Gasteiger partial charge in [0.25, 0.3) is 5.69 Å². The maximum Gasteiger partial charge on any atom is 0.251 e. The van der Waals surface area contributed by atoms with E-state index in [1.54, 1.807) is 0 Å². The number of hydrogen-bond acceptors (Lipinski definition) is 1. The highest BCUT2D eigenvalue weighted by Gasteiger charge is 2.20. The molecular formula is C20H22N2O. The lowest BCUT2D eigenvalue weighted by Crippen LogP contribution is -2.40. The van der Waals surface area contributed by atoms with E-state index < -0.39 is 0 Å². The van der Waals surface area contributed by atoms with E-state index in [0.29, 0.717) is 12.5 Å².